The number of carboxylic acid groups (broad SMARTS) is 1. The number of carboxylic acids is 1. The van der Waals surface area contributed by atoms with Crippen molar-refractivity contribution < 1.29 is 19.4 Å². The van der Waals surface area contributed by atoms with Crippen LogP contribution in [0.2, 0.25) is 0 Å². The number of aromatic carboxylic acids is 1. The third-order valence-electron chi connectivity index (χ3n) is 3.49. The molecule has 108 valence electrons. The van der Waals surface area contributed by atoms with E-state index in [-0.39, 0.29) is 29.9 Å². The van der Waals surface area contributed by atoms with Gasteiger partial charge in [0.05, 0.1) is 6.20 Å². The van der Waals surface area contributed by atoms with Crippen molar-refractivity contribution in [3.63, 3.8) is 0 Å². The smallest absolute Gasteiger partial charge is 0.339 e. The molecule has 1 aromatic heterocycles. The summed E-state index contributed by atoms with van der Waals surface area (Å²) in [4.78, 5) is 28.7. The Morgan fingerprint density at radius 3 is 3.00 bits per heavy atom. The summed E-state index contributed by atoms with van der Waals surface area (Å²) in [6, 6.07) is 1.57. The van der Waals surface area contributed by atoms with Crippen LogP contribution in [-0.2, 0) is 4.79 Å². The van der Waals surface area contributed by atoms with E-state index < -0.39 is 5.97 Å². The molecule has 1 aromatic rings. The molecule has 1 atom stereocenters. The first-order valence-electron chi connectivity index (χ1n) is 6.69. The van der Waals surface area contributed by atoms with Gasteiger partial charge in [0.15, 0.2) is 12.4 Å². The molecule has 1 amide bonds. The average Bonchev–Trinajstić information content (AvgIpc) is 2.45. The fraction of sp³-hybridized carbons (Fsp3) is 0.500. The normalized spacial score (nSPS) is 18.6. The van der Waals surface area contributed by atoms with Gasteiger partial charge in [-0.15, -0.1) is 0 Å². The van der Waals surface area contributed by atoms with Gasteiger partial charge in [-0.3, -0.25) is 9.78 Å². The summed E-state index contributed by atoms with van der Waals surface area (Å²) in [5, 5.41) is 9.02. The Kier molecular flexibility index (Phi) is 4.55. The maximum Gasteiger partial charge on any atom is 0.339 e. The number of pyridine rings is 1. The molecule has 1 aliphatic heterocycles. The number of hydrogen-bond acceptors (Lipinski definition) is 4. The Labute approximate surface area is 117 Å². The first kappa shape index (κ1) is 14.3. The van der Waals surface area contributed by atoms with E-state index in [4.69, 9.17) is 9.84 Å². The van der Waals surface area contributed by atoms with Gasteiger partial charge in [-0.05, 0) is 32.3 Å². The fourth-order valence-electron chi connectivity index (χ4n) is 2.36. The van der Waals surface area contributed by atoms with Crippen LogP contribution in [0.25, 0.3) is 0 Å². The highest BCUT2D eigenvalue weighted by Crippen LogP contribution is 2.19. The molecule has 6 heteroatoms. The van der Waals surface area contributed by atoms with Crippen molar-refractivity contribution in [1.82, 2.24) is 9.88 Å². The molecule has 0 aliphatic carbocycles. The van der Waals surface area contributed by atoms with E-state index in [9.17, 15) is 9.59 Å². The summed E-state index contributed by atoms with van der Waals surface area (Å²) in [6.07, 6.45) is 5.83. The van der Waals surface area contributed by atoms with Gasteiger partial charge in [0.1, 0.15) is 5.56 Å². The molecule has 2 heterocycles. The molecule has 1 unspecified atom stereocenters. The van der Waals surface area contributed by atoms with E-state index in [1.165, 1.54) is 18.5 Å². The van der Waals surface area contributed by atoms with Gasteiger partial charge in [0, 0.05) is 18.8 Å². The summed E-state index contributed by atoms with van der Waals surface area (Å²) in [6.45, 7) is 2.60. The number of carbonyl (C=O) groups is 2. The van der Waals surface area contributed by atoms with Gasteiger partial charge >= 0.3 is 5.97 Å². The molecule has 20 heavy (non-hydrogen) atoms. The molecule has 1 saturated heterocycles. The van der Waals surface area contributed by atoms with E-state index >= 15 is 0 Å². The quantitative estimate of drug-likeness (QED) is 0.904. The number of nitrogens with zero attached hydrogens (tertiary/aromatic N) is 2. The number of piperidine rings is 1. The van der Waals surface area contributed by atoms with Gasteiger partial charge in [0.2, 0.25) is 0 Å². The first-order chi connectivity index (χ1) is 9.59. The lowest BCUT2D eigenvalue weighted by Gasteiger charge is -2.33. The molecule has 1 N–H and O–H groups in total. The second-order valence-electron chi connectivity index (χ2n) is 4.90. The SMILES string of the molecule is CC1CCCCN1C(=O)COc1cnccc1C(=O)O. The maximum atomic E-state index is 12.1. The Morgan fingerprint density at radius 1 is 1.50 bits per heavy atom. The van der Waals surface area contributed by atoms with Crippen LogP contribution in [0.15, 0.2) is 18.5 Å². The van der Waals surface area contributed by atoms with E-state index in [0.29, 0.717) is 0 Å². The lowest BCUT2D eigenvalue weighted by molar-refractivity contribution is -0.136. The topological polar surface area (TPSA) is 79.7 Å². The van der Waals surface area contributed by atoms with Crippen LogP contribution in [0, 0.1) is 0 Å². The summed E-state index contributed by atoms with van der Waals surface area (Å²) in [5.74, 6) is -1.09. The second kappa shape index (κ2) is 6.36. The minimum absolute atomic E-state index is 0.0134. The van der Waals surface area contributed by atoms with Crippen molar-refractivity contribution in [2.45, 2.75) is 32.2 Å². The van der Waals surface area contributed by atoms with Crippen molar-refractivity contribution in [3.8, 4) is 5.75 Å². The number of ether oxygens (including phenoxy) is 1. The summed E-state index contributed by atoms with van der Waals surface area (Å²) in [7, 11) is 0. The van der Waals surface area contributed by atoms with Gasteiger partial charge < -0.3 is 14.7 Å². The van der Waals surface area contributed by atoms with E-state index in [2.05, 4.69) is 4.98 Å². The zero-order valence-corrected chi connectivity index (χ0v) is 11.4. The van der Waals surface area contributed by atoms with Crippen molar-refractivity contribution >= 4 is 11.9 Å². The third-order valence-corrected chi connectivity index (χ3v) is 3.49. The van der Waals surface area contributed by atoms with Crippen LogP contribution in [-0.4, -0.2) is 46.1 Å². The van der Waals surface area contributed by atoms with E-state index in [1.54, 1.807) is 4.90 Å². The van der Waals surface area contributed by atoms with Crippen molar-refractivity contribution in [1.29, 1.82) is 0 Å². The molecule has 6 nitrogen and oxygen atoms in total. The average molecular weight is 278 g/mol. The molecule has 1 fully saturated rings. The molecular formula is C14H18N2O4. The lowest BCUT2D eigenvalue weighted by atomic mass is 10.0. The molecule has 0 bridgehead atoms. The van der Waals surface area contributed by atoms with Crippen LogP contribution in [0.3, 0.4) is 0 Å². The first-order valence-corrected chi connectivity index (χ1v) is 6.69. The molecule has 0 radical (unpaired) electrons. The highest BCUT2D eigenvalue weighted by molar-refractivity contribution is 5.90. The van der Waals surface area contributed by atoms with E-state index in [1.807, 2.05) is 6.92 Å². The third kappa shape index (κ3) is 3.26. The van der Waals surface area contributed by atoms with Crippen molar-refractivity contribution in [2.24, 2.45) is 0 Å². The van der Waals surface area contributed by atoms with Gasteiger partial charge in [0.25, 0.3) is 5.91 Å². The summed E-state index contributed by atoms with van der Waals surface area (Å²) >= 11 is 0. The minimum atomic E-state index is -1.10. The zero-order valence-electron chi connectivity index (χ0n) is 11.4. The number of likely N-dealkylation sites (tertiary alicyclic amines) is 1. The Hall–Kier alpha value is -2.11. The summed E-state index contributed by atoms with van der Waals surface area (Å²) < 4.78 is 5.33. The van der Waals surface area contributed by atoms with Crippen LogP contribution < -0.4 is 4.74 Å². The van der Waals surface area contributed by atoms with Gasteiger partial charge in [-0.2, -0.15) is 0 Å². The lowest BCUT2D eigenvalue weighted by Crippen LogP contribution is -2.44. The largest absolute Gasteiger partial charge is 0.481 e. The van der Waals surface area contributed by atoms with Crippen LogP contribution >= 0.6 is 0 Å². The van der Waals surface area contributed by atoms with Gasteiger partial charge in [-0.25, -0.2) is 4.79 Å². The standard InChI is InChI=1S/C14H18N2O4/c1-10-4-2-3-7-16(10)13(17)9-20-12-8-15-6-5-11(12)14(18)19/h5-6,8,10H,2-4,7,9H2,1H3,(H,18,19). The molecule has 0 aromatic carbocycles. The molecule has 1 aliphatic rings. The van der Waals surface area contributed by atoms with Crippen LogP contribution in [0.1, 0.15) is 36.5 Å². The Balaban J connectivity index is 1.98. The van der Waals surface area contributed by atoms with E-state index in [0.717, 1.165) is 25.8 Å². The Morgan fingerprint density at radius 2 is 2.30 bits per heavy atom. The summed E-state index contributed by atoms with van der Waals surface area (Å²) in [5.41, 5.74) is 0.0134. The van der Waals surface area contributed by atoms with Crippen molar-refractivity contribution in [2.75, 3.05) is 13.2 Å². The monoisotopic (exact) mass is 278 g/mol. The maximum absolute atomic E-state index is 12.1. The molecule has 2 rings (SSSR count). The Bertz CT molecular complexity index is 504. The predicted octanol–water partition coefficient (Wildman–Crippen LogP) is 1.56. The van der Waals surface area contributed by atoms with Crippen molar-refractivity contribution in [3.05, 3.63) is 24.0 Å². The van der Waals surface area contributed by atoms with Gasteiger partial charge in [-0.1, -0.05) is 0 Å². The number of aromatic nitrogens is 1. The number of carbonyl (C=O) groups excluding carboxylic acids is 1. The molecule has 0 spiro atoms. The number of rotatable bonds is 4. The zero-order chi connectivity index (χ0) is 14.5. The van der Waals surface area contributed by atoms with Crippen LogP contribution in [0.4, 0.5) is 0 Å². The minimum Gasteiger partial charge on any atom is -0.481 e. The highest BCUT2D eigenvalue weighted by Gasteiger charge is 2.23. The molecule has 0 saturated carbocycles. The second-order valence-corrected chi connectivity index (χ2v) is 4.90. The molecular weight excluding hydrogens is 260 g/mol. The number of amides is 1. The number of hydrogen-bond donors (Lipinski definition) is 1. The van der Waals surface area contributed by atoms with Crippen LogP contribution in [0.5, 0.6) is 5.75 Å². The highest BCUT2D eigenvalue weighted by atomic mass is 16.5. The predicted molar refractivity (Wildman–Crippen MR) is 71.7 cm³/mol. The fourth-order valence-corrected chi connectivity index (χ4v) is 2.36.